The highest BCUT2D eigenvalue weighted by molar-refractivity contribution is 7.99. The second-order valence-electron chi connectivity index (χ2n) is 4.90. The zero-order chi connectivity index (χ0) is 15.2. The lowest BCUT2D eigenvalue weighted by molar-refractivity contribution is 0.873. The Morgan fingerprint density at radius 2 is 1.91 bits per heavy atom. The molecule has 3 nitrogen and oxygen atoms in total. The van der Waals surface area contributed by atoms with Gasteiger partial charge in [0.15, 0.2) is 5.16 Å². The Kier molecular flexibility index (Phi) is 5.14. The van der Waals surface area contributed by atoms with Crippen molar-refractivity contribution in [3.63, 3.8) is 0 Å². The minimum absolute atomic E-state index is 0.714. The smallest absolute Gasteiger partial charge is 0.195 e. The van der Waals surface area contributed by atoms with Crippen LogP contribution in [-0.4, -0.2) is 20.5 Å². The van der Waals surface area contributed by atoms with Gasteiger partial charge in [0.2, 0.25) is 0 Å². The third-order valence-electron chi connectivity index (χ3n) is 3.29. The van der Waals surface area contributed by atoms with E-state index in [-0.39, 0.29) is 0 Å². The number of rotatable bonds is 6. The molecular weight excluding hydrogens is 314 g/mol. The lowest BCUT2D eigenvalue weighted by atomic mass is 10.1. The maximum absolute atomic E-state index is 6.05. The number of hydrogen-bond acceptors (Lipinski definition) is 3. The van der Waals surface area contributed by atoms with E-state index in [1.54, 1.807) is 18.1 Å². The summed E-state index contributed by atoms with van der Waals surface area (Å²) in [7, 11) is 0. The second kappa shape index (κ2) is 7.47. The van der Waals surface area contributed by atoms with Crippen molar-refractivity contribution in [1.29, 1.82) is 0 Å². The number of nitrogens with zero attached hydrogens (tertiary/aromatic N) is 3. The molecule has 0 saturated carbocycles. The van der Waals surface area contributed by atoms with E-state index in [0.29, 0.717) is 5.02 Å². The molecule has 0 aliphatic heterocycles. The van der Waals surface area contributed by atoms with Crippen LogP contribution in [0.5, 0.6) is 0 Å². The Labute approximate surface area is 139 Å². The molecule has 0 N–H and O–H groups in total. The Bertz CT molecular complexity index is 728. The van der Waals surface area contributed by atoms with Gasteiger partial charge in [0.1, 0.15) is 6.33 Å². The van der Waals surface area contributed by atoms with Crippen LogP contribution in [0.15, 0.2) is 66.1 Å². The van der Waals surface area contributed by atoms with Crippen LogP contribution in [0.3, 0.4) is 0 Å². The fourth-order valence-corrected chi connectivity index (χ4v) is 3.26. The van der Waals surface area contributed by atoms with Gasteiger partial charge in [-0.2, -0.15) is 0 Å². The van der Waals surface area contributed by atoms with E-state index < -0.39 is 0 Å². The van der Waals surface area contributed by atoms with E-state index in [0.717, 1.165) is 29.4 Å². The first-order valence-electron chi connectivity index (χ1n) is 7.15. The normalized spacial score (nSPS) is 10.8. The third-order valence-corrected chi connectivity index (χ3v) is 4.55. The van der Waals surface area contributed by atoms with Crippen LogP contribution in [0.1, 0.15) is 12.0 Å². The third kappa shape index (κ3) is 3.90. The van der Waals surface area contributed by atoms with Crippen LogP contribution in [0.2, 0.25) is 5.02 Å². The maximum Gasteiger partial charge on any atom is 0.195 e. The summed E-state index contributed by atoms with van der Waals surface area (Å²) >= 11 is 7.77. The van der Waals surface area contributed by atoms with Gasteiger partial charge >= 0.3 is 0 Å². The summed E-state index contributed by atoms with van der Waals surface area (Å²) in [6, 6.07) is 18.3. The minimum atomic E-state index is 0.714. The lowest BCUT2D eigenvalue weighted by Gasteiger charge is -2.06. The van der Waals surface area contributed by atoms with Gasteiger partial charge in [0, 0.05) is 10.8 Å². The van der Waals surface area contributed by atoms with Gasteiger partial charge in [-0.05, 0) is 36.6 Å². The predicted molar refractivity (Wildman–Crippen MR) is 91.9 cm³/mol. The molecule has 0 radical (unpaired) electrons. The summed E-state index contributed by atoms with van der Waals surface area (Å²) in [6.45, 7) is 0. The van der Waals surface area contributed by atoms with Crippen LogP contribution in [0, 0.1) is 0 Å². The molecule has 0 aliphatic carbocycles. The predicted octanol–water partition coefficient (Wildman–Crippen LogP) is 4.65. The molecule has 2 aromatic carbocycles. The molecule has 22 heavy (non-hydrogen) atoms. The Hall–Kier alpha value is -1.78. The van der Waals surface area contributed by atoms with Gasteiger partial charge in [-0.15, -0.1) is 10.2 Å². The van der Waals surface area contributed by atoms with Gasteiger partial charge < -0.3 is 0 Å². The Balaban J connectivity index is 1.59. The van der Waals surface area contributed by atoms with Crippen LogP contribution < -0.4 is 0 Å². The highest BCUT2D eigenvalue weighted by Gasteiger charge is 2.07. The van der Waals surface area contributed by atoms with Crippen molar-refractivity contribution in [2.75, 3.05) is 5.75 Å². The number of halogens is 1. The van der Waals surface area contributed by atoms with Crippen LogP contribution in [0.25, 0.3) is 5.69 Å². The largest absolute Gasteiger partial charge is 0.277 e. The Morgan fingerprint density at radius 3 is 2.73 bits per heavy atom. The van der Waals surface area contributed by atoms with Gasteiger partial charge in [0.05, 0.1) is 5.69 Å². The molecule has 0 saturated heterocycles. The van der Waals surface area contributed by atoms with E-state index in [2.05, 4.69) is 34.5 Å². The Morgan fingerprint density at radius 1 is 1.05 bits per heavy atom. The molecular formula is C17H16ClN3S. The molecule has 0 atom stereocenters. The molecule has 1 heterocycles. The van der Waals surface area contributed by atoms with Crippen molar-refractivity contribution in [3.05, 3.63) is 71.5 Å². The minimum Gasteiger partial charge on any atom is -0.277 e. The topological polar surface area (TPSA) is 30.7 Å². The van der Waals surface area contributed by atoms with Crippen molar-refractivity contribution in [2.24, 2.45) is 0 Å². The molecule has 1 aromatic heterocycles. The molecule has 5 heteroatoms. The van der Waals surface area contributed by atoms with E-state index in [1.165, 1.54) is 5.56 Å². The quantitative estimate of drug-likeness (QED) is 0.487. The molecule has 0 unspecified atom stereocenters. The molecule has 0 bridgehead atoms. The monoisotopic (exact) mass is 329 g/mol. The van der Waals surface area contributed by atoms with Crippen LogP contribution >= 0.6 is 23.4 Å². The number of aromatic nitrogens is 3. The summed E-state index contributed by atoms with van der Waals surface area (Å²) in [5.74, 6) is 1.01. The van der Waals surface area contributed by atoms with Gasteiger partial charge in [-0.25, -0.2) is 0 Å². The van der Waals surface area contributed by atoms with E-state index in [9.17, 15) is 0 Å². The summed E-state index contributed by atoms with van der Waals surface area (Å²) in [6.07, 6.45) is 3.92. The zero-order valence-electron chi connectivity index (χ0n) is 12.0. The van der Waals surface area contributed by atoms with E-state index in [1.807, 2.05) is 34.9 Å². The fraction of sp³-hybridized carbons (Fsp3) is 0.176. The summed E-state index contributed by atoms with van der Waals surface area (Å²) < 4.78 is 1.97. The SMILES string of the molecule is Clc1cccc(-n2cnnc2SCCCc2ccccc2)c1. The number of thioether (sulfide) groups is 1. The van der Waals surface area contributed by atoms with Crippen molar-refractivity contribution in [2.45, 2.75) is 18.0 Å². The zero-order valence-corrected chi connectivity index (χ0v) is 13.6. The van der Waals surface area contributed by atoms with Crippen molar-refractivity contribution in [1.82, 2.24) is 14.8 Å². The standard InChI is InChI=1S/C17H16ClN3S/c18-15-9-4-10-16(12-15)21-13-19-20-17(21)22-11-5-8-14-6-2-1-3-7-14/h1-4,6-7,9-10,12-13H,5,8,11H2. The highest BCUT2D eigenvalue weighted by atomic mass is 35.5. The van der Waals surface area contributed by atoms with Crippen molar-refractivity contribution < 1.29 is 0 Å². The summed E-state index contributed by atoms with van der Waals surface area (Å²) in [5, 5.41) is 9.83. The fourth-order valence-electron chi connectivity index (χ4n) is 2.21. The molecule has 3 aromatic rings. The number of aryl methyl sites for hydroxylation is 1. The highest BCUT2D eigenvalue weighted by Crippen LogP contribution is 2.22. The van der Waals surface area contributed by atoms with Gasteiger partial charge in [0.25, 0.3) is 0 Å². The van der Waals surface area contributed by atoms with Gasteiger partial charge in [-0.1, -0.05) is 59.8 Å². The summed E-state index contributed by atoms with van der Waals surface area (Å²) in [5.41, 5.74) is 2.36. The van der Waals surface area contributed by atoms with E-state index in [4.69, 9.17) is 11.6 Å². The first-order chi connectivity index (χ1) is 10.8. The average Bonchev–Trinajstić information content (AvgIpc) is 3.01. The first-order valence-corrected chi connectivity index (χ1v) is 8.52. The summed E-state index contributed by atoms with van der Waals surface area (Å²) in [4.78, 5) is 0. The van der Waals surface area contributed by atoms with Crippen LogP contribution in [-0.2, 0) is 6.42 Å². The molecule has 0 fully saturated rings. The van der Waals surface area contributed by atoms with Crippen LogP contribution in [0.4, 0.5) is 0 Å². The molecule has 0 spiro atoms. The number of benzene rings is 2. The first kappa shape index (κ1) is 15.1. The second-order valence-corrected chi connectivity index (χ2v) is 6.40. The van der Waals surface area contributed by atoms with Crippen molar-refractivity contribution >= 4 is 23.4 Å². The maximum atomic E-state index is 6.05. The van der Waals surface area contributed by atoms with Gasteiger partial charge in [-0.3, -0.25) is 4.57 Å². The van der Waals surface area contributed by atoms with Crippen molar-refractivity contribution in [3.8, 4) is 5.69 Å². The lowest BCUT2D eigenvalue weighted by Crippen LogP contribution is -1.96. The molecule has 112 valence electrons. The molecule has 0 amide bonds. The average molecular weight is 330 g/mol. The molecule has 0 aliphatic rings. The molecule has 3 rings (SSSR count). The van der Waals surface area contributed by atoms with E-state index >= 15 is 0 Å². The number of hydrogen-bond donors (Lipinski definition) is 0.